The highest BCUT2D eigenvalue weighted by Crippen LogP contribution is 2.33. The van der Waals surface area contributed by atoms with Gasteiger partial charge in [0.15, 0.2) is 16.7 Å². The zero-order valence-corrected chi connectivity index (χ0v) is 18.3. The van der Waals surface area contributed by atoms with Crippen LogP contribution in [0.1, 0.15) is 22.8 Å². The Kier molecular flexibility index (Phi) is 7.49. The molecule has 0 aliphatic rings. The van der Waals surface area contributed by atoms with Crippen LogP contribution in [0.15, 0.2) is 46.8 Å². The van der Waals surface area contributed by atoms with Gasteiger partial charge in [-0.1, -0.05) is 64.5 Å². The van der Waals surface area contributed by atoms with Crippen molar-refractivity contribution in [2.45, 2.75) is 17.0 Å². The molecule has 0 atom stereocenters. The van der Waals surface area contributed by atoms with E-state index in [0.29, 0.717) is 36.6 Å². The van der Waals surface area contributed by atoms with Gasteiger partial charge in [-0.05, 0) is 36.8 Å². The van der Waals surface area contributed by atoms with Gasteiger partial charge in [-0.25, -0.2) is 0 Å². The number of halogens is 2. The van der Waals surface area contributed by atoms with Crippen LogP contribution in [0.3, 0.4) is 0 Å². The molecular weight excluding hydrogens is 453 g/mol. The van der Waals surface area contributed by atoms with E-state index in [1.807, 2.05) is 0 Å². The number of anilines is 1. The average Bonchev–Trinajstić information content (AvgIpc) is 3.13. The van der Waals surface area contributed by atoms with E-state index in [9.17, 15) is 9.59 Å². The molecule has 3 rings (SSSR count). The fraction of sp³-hybridized carbons (Fsp3) is 0.158. The first-order valence-corrected chi connectivity index (χ1v) is 10.9. The Morgan fingerprint density at radius 1 is 1.14 bits per heavy atom. The van der Waals surface area contributed by atoms with Gasteiger partial charge in [-0.15, -0.1) is 10.2 Å². The van der Waals surface area contributed by atoms with Crippen LogP contribution in [-0.4, -0.2) is 28.5 Å². The maximum Gasteiger partial charge on any atom is 0.264 e. The second-order valence-electron chi connectivity index (χ2n) is 5.78. The lowest BCUT2D eigenvalue weighted by Crippen LogP contribution is -2.20. The predicted molar refractivity (Wildman–Crippen MR) is 117 cm³/mol. The Bertz CT molecular complexity index is 1020. The summed E-state index contributed by atoms with van der Waals surface area (Å²) in [5.74, 6) is 0.534. The molecule has 150 valence electrons. The Balaban J connectivity index is 1.51. The summed E-state index contributed by atoms with van der Waals surface area (Å²) in [6.07, 6.45) is 0. The van der Waals surface area contributed by atoms with Gasteiger partial charge < -0.3 is 4.74 Å². The van der Waals surface area contributed by atoms with Crippen molar-refractivity contribution >= 4 is 63.1 Å². The molecule has 0 unspecified atom stereocenters. The molecule has 0 bridgehead atoms. The molecule has 0 aliphatic carbocycles. The van der Waals surface area contributed by atoms with E-state index in [1.165, 1.54) is 30.0 Å². The molecule has 2 aromatic carbocycles. The number of nitrogens with one attached hydrogen (secondary N) is 1. The summed E-state index contributed by atoms with van der Waals surface area (Å²) in [5.41, 5.74) is 1.34. The zero-order valence-electron chi connectivity index (χ0n) is 15.1. The van der Waals surface area contributed by atoms with Gasteiger partial charge in [-0.3, -0.25) is 14.9 Å². The molecule has 0 radical (unpaired) electrons. The number of amides is 1. The number of ketones is 1. The van der Waals surface area contributed by atoms with Crippen LogP contribution in [-0.2, 0) is 10.5 Å². The maximum absolute atomic E-state index is 12.1. The second kappa shape index (κ2) is 10.1. The van der Waals surface area contributed by atoms with Crippen LogP contribution in [0.4, 0.5) is 5.13 Å². The third kappa shape index (κ3) is 6.17. The number of Topliss-reactive ketones (excluding diaryl/α,β-unsaturated/α-hetero) is 1. The highest BCUT2D eigenvalue weighted by atomic mass is 35.5. The minimum Gasteiger partial charge on any atom is -0.484 e. The van der Waals surface area contributed by atoms with E-state index in [1.54, 1.807) is 42.5 Å². The average molecular weight is 468 g/mol. The first kappa shape index (κ1) is 21.6. The molecule has 0 saturated heterocycles. The molecule has 1 aromatic heterocycles. The maximum atomic E-state index is 12.1. The molecule has 0 fully saturated rings. The lowest BCUT2D eigenvalue weighted by atomic mass is 10.1. The smallest absolute Gasteiger partial charge is 0.264 e. The van der Waals surface area contributed by atoms with Gasteiger partial charge in [0.05, 0.1) is 0 Å². The molecule has 1 heterocycles. The van der Waals surface area contributed by atoms with Crippen LogP contribution in [0.5, 0.6) is 5.75 Å². The summed E-state index contributed by atoms with van der Waals surface area (Å²) >= 11 is 15.0. The Morgan fingerprint density at radius 3 is 2.59 bits per heavy atom. The number of rotatable bonds is 8. The minimum absolute atomic E-state index is 0.0723. The molecule has 29 heavy (non-hydrogen) atoms. The Morgan fingerprint density at radius 2 is 1.86 bits per heavy atom. The fourth-order valence-electron chi connectivity index (χ4n) is 2.23. The van der Waals surface area contributed by atoms with Crippen LogP contribution >= 0.6 is 46.3 Å². The van der Waals surface area contributed by atoms with Gasteiger partial charge in [0.25, 0.3) is 5.91 Å². The quantitative estimate of drug-likeness (QED) is 0.273. The van der Waals surface area contributed by atoms with Crippen molar-refractivity contribution in [2.75, 3.05) is 11.9 Å². The van der Waals surface area contributed by atoms with Gasteiger partial charge in [0.2, 0.25) is 5.13 Å². The third-order valence-corrected chi connectivity index (χ3v) is 6.37. The Hall–Kier alpha value is -2.13. The SMILES string of the molecule is CC(=O)c1cccc(OCC(=O)Nc2nnc(SCc3c(Cl)cccc3Cl)s2)c1. The largest absolute Gasteiger partial charge is 0.484 e. The first-order valence-electron chi connectivity index (χ1n) is 8.35. The van der Waals surface area contributed by atoms with Gasteiger partial charge in [-0.2, -0.15) is 0 Å². The summed E-state index contributed by atoms with van der Waals surface area (Å²) in [6, 6.07) is 12.0. The van der Waals surface area contributed by atoms with E-state index in [4.69, 9.17) is 27.9 Å². The van der Waals surface area contributed by atoms with Gasteiger partial charge in [0, 0.05) is 21.4 Å². The van der Waals surface area contributed by atoms with Crippen LogP contribution in [0.25, 0.3) is 0 Å². The number of carbonyl (C=O) groups is 2. The fourth-order valence-corrected chi connectivity index (χ4v) is 4.74. The van der Waals surface area contributed by atoms with Crippen molar-refractivity contribution in [3.63, 3.8) is 0 Å². The number of aromatic nitrogens is 2. The molecule has 1 N–H and O–H groups in total. The van der Waals surface area contributed by atoms with E-state index < -0.39 is 0 Å². The Labute approximate surface area is 185 Å². The highest BCUT2D eigenvalue weighted by Gasteiger charge is 2.12. The van der Waals surface area contributed by atoms with Crippen LogP contribution in [0, 0.1) is 0 Å². The summed E-state index contributed by atoms with van der Waals surface area (Å²) in [7, 11) is 0. The second-order valence-corrected chi connectivity index (χ2v) is 8.80. The van der Waals surface area contributed by atoms with E-state index in [2.05, 4.69) is 15.5 Å². The number of carbonyl (C=O) groups excluding carboxylic acids is 2. The molecule has 6 nitrogen and oxygen atoms in total. The number of hydrogen-bond donors (Lipinski definition) is 1. The summed E-state index contributed by atoms with van der Waals surface area (Å²) in [4.78, 5) is 23.5. The van der Waals surface area contributed by atoms with E-state index in [0.717, 1.165) is 5.56 Å². The standard InChI is InChI=1S/C19H15Cl2N3O3S2/c1-11(25)12-4-2-5-13(8-12)27-9-17(26)22-18-23-24-19(29-18)28-10-14-15(20)6-3-7-16(14)21/h2-8H,9-10H2,1H3,(H,22,23,26). The number of benzene rings is 2. The topological polar surface area (TPSA) is 81.2 Å². The van der Waals surface area contributed by atoms with Gasteiger partial charge in [0.1, 0.15) is 5.75 Å². The molecule has 10 heteroatoms. The van der Waals surface area contributed by atoms with Crippen molar-refractivity contribution in [1.29, 1.82) is 0 Å². The van der Waals surface area contributed by atoms with E-state index in [-0.39, 0.29) is 18.3 Å². The summed E-state index contributed by atoms with van der Waals surface area (Å²) < 4.78 is 6.10. The molecule has 0 aliphatic heterocycles. The van der Waals surface area contributed by atoms with Crippen molar-refractivity contribution in [1.82, 2.24) is 10.2 Å². The summed E-state index contributed by atoms with van der Waals surface area (Å²) in [6.45, 7) is 1.26. The summed E-state index contributed by atoms with van der Waals surface area (Å²) in [5, 5.41) is 12.2. The van der Waals surface area contributed by atoms with Crippen LogP contribution in [0.2, 0.25) is 10.0 Å². The molecular formula is C19H15Cl2N3O3S2. The lowest BCUT2D eigenvalue weighted by Gasteiger charge is -2.06. The van der Waals surface area contributed by atoms with Crippen molar-refractivity contribution in [2.24, 2.45) is 0 Å². The lowest BCUT2D eigenvalue weighted by molar-refractivity contribution is -0.118. The van der Waals surface area contributed by atoms with Crippen LogP contribution < -0.4 is 10.1 Å². The highest BCUT2D eigenvalue weighted by molar-refractivity contribution is 8.00. The molecule has 0 spiro atoms. The first-order chi connectivity index (χ1) is 13.9. The van der Waals surface area contributed by atoms with E-state index >= 15 is 0 Å². The minimum atomic E-state index is -0.375. The van der Waals surface area contributed by atoms with Gasteiger partial charge >= 0.3 is 0 Å². The van der Waals surface area contributed by atoms with Crippen molar-refractivity contribution < 1.29 is 14.3 Å². The molecule has 1 amide bonds. The monoisotopic (exact) mass is 467 g/mol. The number of nitrogens with zero attached hydrogens (tertiary/aromatic N) is 2. The molecule has 0 saturated carbocycles. The van der Waals surface area contributed by atoms with Crippen molar-refractivity contribution in [3.05, 3.63) is 63.6 Å². The zero-order chi connectivity index (χ0) is 20.8. The molecule has 3 aromatic rings. The third-order valence-electron chi connectivity index (χ3n) is 3.66. The van der Waals surface area contributed by atoms with Crippen molar-refractivity contribution in [3.8, 4) is 5.75 Å². The number of hydrogen-bond acceptors (Lipinski definition) is 7. The predicted octanol–water partition coefficient (Wildman–Crippen LogP) is 5.36. The number of ether oxygens (including phenoxy) is 1. The number of thioether (sulfide) groups is 1. The normalized spacial score (nSPS) is 10.6.